The van der Waals surface area contributed by atoms with Crippen molar-refractivity contribution in [3.05, 3.63) is 28.5 Å². The van der Waals surface area contributed by atoms with Crippen LogP contribution in [0.2, 0.25) is 0 Å². The Labute approximate surface area is 126 Å². The first-order chi connectivity index (χ1) is 9.13. The minimum Gasteiger partial charge on any atom is -0.335 e. The molecule has 2 nitrogen and oxygen atoms in total. The largest absolute Gasteiger partial charge is 0.335 e. The lowest BCUT2D eigenvalue weighted by Crippen LogP contribution is -2.17. The number of rotatable bonds is 4. The summed E-state index contributed by atoms with van der Waals surface area (Å²) < 4.78 is 13.6. The molecule has 0 saturated carbocycles. The second kappa shape index (κ2) is 6.75. The fourth-order valence-corrected chi connectivity index (χ4v) is 3.93. The van der Waals surface area contributed by atoms with E-state index in [-0.39, 0.29) is 5.82 Å². The molecular formula is C14H18BrFN2S. The van der Waals surface area contributed by atoms with Gasteiger partial charge in [0.1, 0.15) is 5.82 Å². The van der Waals surface area contributed by atoms with E-state index in [1.807, 2.05) is 0 Å². The van der Waals surface area contributed by atoms with E-state index in [1.165, 1.54) is 18.9 Å². The van der Waals surface area contributed by atoms with Crippen LogP contribution in [0.25, 0.3) is 0 Å². The van der Waals surface area contributed by atoms with Crippen LogP contribution in [0.3, 0.4) is 0 Å². The molecule has 5 heteroatoms. The quantitative estimate of drug-likeness (QED) is 0.839. The Bertz CT molecular complexity index is 475. The molecule has 0 spiro atoms. The first-order valence-corrected chi connectivity index (χ1v) is 8.24. The van der Waals surface area contributed by atoms with E-state index in [0.29, 0.717) is 15.6 Å². The molecule has 19 heavy (non-hydrogen) atoms. The fraction of sp³-hybridized carbons (Fsp3) is 0.500. The van der Waals surface area contributed by atoms with Gasteiger partial charge < -0.3 is 5.32 Å². The van der Waals surface area contributed by atoms with Crippen LogP contribution in [-0.4, -0.2) is 17.0 Å². The molecule has 1 atom stereocenters. The lowest BCUT2D eigenvalue weighted by atomic mass is 9.99. The van der Waals surface area contributed by atoms with Crippen LogP contribution in [0.1, 0.15) is 26.7 Å². The van der Waals surface area contributed by atoms with E-state index < -0.39 is 0 Å². The van der Waals surface area contributed by atoms with Gasteiger partial charge in [-0.3, -0.25) is 4.99 Å². The molecule has 1 aliphatic heterocycles. The Kier molecular flexibility index (Phi) is 5.28. The SMILES string of the molecule is CCC(CC)C1CN=C(Nc2ccc(F)c(Br)c2)S1. The molecule has 104 valence electrons. The number of anilines is 1. The van der Waals surface area contributed by atoms with Crippen LogP contribution < -0.4 is 5.32 Å². The van der Waals surface area contributed by atoms with Gasteiger partial charge in [-0.05, 0) is 40.0 Å². The molecule has 0 bridgehead atoms. The third-order valence-electron chi connectivity index (χ3n) is 3.42. The summed E-state index contributed by atoms with van der Waals surface area (Å²) in [6.07, 6.45) is 2.39. The summed E-state index contributed by atoms with van der Waals surface area (Å²) in [6, 6.07) is 4.92. The molecule has 0 saturated heterocycles. The highest BCUT2D eigenvalue weighted by molar-refractivity contribution is 9.10. The zero-order valence-corrected chi connectivity index (χ0v) is 13.5. The summed E-state index contributed by atoms with van der Waals surface area (Å²) in [5.41, 5.74) is 0.865. The molecule has 1 aliphatic rings. The van der Waals surface area contributed by atoms with Gasteiger partial charge in [-0.2, -0.15) is 0 Å². The van der Waals surface area contributed by atoms with Gasteiger partial charge in [0, 0.05) is 10.9 Å². The zero-order chi connectivity index (χ0) is 13.8. The number of hydrogen-bond acceptors (Lipinski definition) is 3. The third kappa shape index (κ3) is 3.72. The summed E-state index contributed by atoms with van der Waals surface area (Å²) in [6.45, 7) is 5.34. The molecular weight excluding hydrogens is 327 g/mol. The second-order valence-corrected chi connectivity index (χ2v) is 6.71. The minimum absolute atomic E-state index is 0.249. The van der Waals surface area contributed by atoms with Crippen molar-refractivity contribution in [2.75, 3.05) is 11.9 Å². The van der Waals surface area contributed by atoms with Crippen molar-refractivity contribution in [3.8, 4) is 0 Å². The van der Waals surface area contributed by atoms with Crippen molar-refractivity contribution < 1.29 is 4.39 Å². The fourth-order valence-electron chi connectivity index (χ4n) is 2.22. The van der Waals surface area contributed by atoms with Crippen molar-refractivity contribution in [2.24, 2.45) is 10.9 Å². The summed E-state index contributed by atoms with van der Waals surface area (Å²) in [7, 11) is 0. The van der Waals surface area contributed by atoms with Gasteiger partial charge >= 0.3 is 0 Å². The van der Waals surface area contributed by atoms with Crippen LogP contribution in [0.5, 0.6) is 0 Å². The Morgan fingerprint density at radius 2 is 2.21 bits per heavy atom. The smallest absolute Gasteiger partial charge is 0.161 e. The average Bonchev–Trinajstić information content (AvgIpc) is 2.84. The Hall–Kier alpha value is -0.550. The maximum atomic E-state index is 13.2. The summed E-state index contributed by atoms with van der Waals surface area (Å²) in [4.78, 5) is 4.54. The standard InChI is InChI=1S/C14H18BrFN2S/c1-3-9(4-2)13-8-17-14(19-13)18-10-5-6-12(16)11(15)7-10/h5-7,9,13H,3-4,8H2,1-2H3,(H,17,18). The number of nitrogens with one attached hydrogen (secondary N) is 1. The number of benzene rings is 1. The molecule has 1 aromatic rings. The second-order valence-electron chi connectivity index (χ2n) is 4.63. The lowest BCUT2D eigenvalue weighted by Gasteiger charge is -2.18. The predicted molar refractivity (Wildman–Crippen MR) is 85.5 cm³/mol. The molecule has 1 N–H and O–H groups in total. The maximum absolute atomic E-state index is 13.2. The van der Waals surface area contributed by atoms with Crippen molar-refractivity contribution >= 4 is 38.5 Å². The normalized spacial score (nSPS) is 18.8. The van der Waals surface area contributed by atoms with E-state index in [4.69, 9.17) is 0 Å². The van der Waals surface area contributed by atoms with Crippen LogP contribution in [0.15, 0.2) is 27.7 Å². The van der Waals surface area contributed by atoms with E-state index in [2.05, 4.69) is 40.1 Å². The van der Waals surface area contributed by atoms with Gasteiger partial charge in [0.2, 0.25) is 0 Å². The van der Waals surface area contributed by atoms with Crippen LogP contribution in [0, 0.1) is 11.7 Å². The van der Waals surface area contributed by atoms with Gasteiger partial charge in [0.25, 0.3) is 0 Å². The molecule has 2 rings (SSSR count). The van der Waals surface area contributed by atoms with Gasteiger partial charge in [-0.15, -0.1) is 0 Å². The summed E-state index contributed by atoms with van der Waals surface area (Å²) >= 11 is 4.99. The van der Waals surface area contributed by atoms with E-state index in [9.17, 15) is 4.39 Å². The monoisotopic (exact) mass is 344 g/mol. The van der Waals surface area contributed by atoms with Crippen LogP contribution >= 0.6 is 27.7 Å². The molecule has 0 amide bonds. The number of halogens is 2. The predicted octanol–water partition coefficient (Wildman–Crippen LogP) is 4.91. The van der Waals surface area contributed by atoms with Crippen LogP contribution in [-0.2, 0) is 0 Å². The van der Waals surface area contributed by atoms with Crippen molar-refractivity contribution in [1.82, 2.24) is 0 Å². The summed E-state index contributed by atoms with van der Waals surface area (Å²) in [5, 5.41) is 4.77. The first-order valence-electron chi connectivity index (χ1n) is 6.57. The molecule has 1 aromatic carbocycles. The lowest BCUT2D eigenvalue weighted by molar-refractivity contribution is 0.479. The number of aliphatic imine (C=N–C) groups is 1. The molecule has 1 heterocycles. The van der Waals surface area contributed by atoms with E-state index >= 15 is 0 Å². The highest BCUT2D eigenvalue weighted by atomic mass is 79.9. The van der Waals surface area contributed by atoms with Gasteiger partial charge in [-0.1, -0.05) is 38.5 Å². The topological polar surface area (TPSA) is 24.4 Å². The minimum atomic E-state index is -0.249. The zero-order valence-electron chi connectivity index (χ0n) is 11.1. The van der Waals surface area contributed by atoms with E-state index in [1.54, 1.807) is 23.9 Å². The molecule has 0 radical (unpaired) electrons. The van der Waals surface area contributed by atoms with Gasteiger partial charge in [0.05, 0.1) is 11.0 Å². The molecule has 0 aliphatic carbocycles. The third-order valence-corrected chi connectivity index (χ3v) is 5.32. The number of nitrogens with zero attached hydrogens (tertiary/aromatic N) is 1. The average molecular weight is 345 g/mol. The first kappa shape index (κ1) is 14.9. The molecule has 0 aromatic heterocycles. The van der Waals surface area contributed by atoms with Gasteiger partial charge in [-0.25, -0.2) is 4.39 Å². The number of hydrogen-bond donors (Lipinski definition) is 1. The Morgan fingerprint density at radius 3 is 2.84 bits per heavy atom. The summed E-state index contributed by atoms with van der Waals surface area (Å²) in [5.74, 6) is 0.467. The van der Waals surface area contributed by atoms with Crippen molar-refractivity contribution in [2.45, 2.75) is 31.9 Å². The van der Waals surface area contributed by atoms with Crippen molar-refractivity contribution in [3.63, 3.8) is 0 Å². The Balaban J connectivity index is 1.96. The highest BCUT2D eigenvalue weighted by Gasteiger charge is 2.25. The number of thioether (sulfide) groups is 1. The van der Waals surface area contributed by atoms with Crippen LogP contribution in [0.4, 0.5) is 10.1 Å². The Morgan fingerprint density at radius 1 is 1.47 bits per heavy atom. The van der Waals surface area contributed by atoms with Gasteiger partial charge in [0.15, 0.2) is 5.17 Å². The molecule has 1 unspecified atom stereocenters. The maximum Gasteiger partial charge on any atom is 0.161 e. The van der Waals surface area contributed by atoms with E-state index in [0.717, 1.165) is 17.4 Å². The number of amidine groups is 1. The molecule has 0 fully saturated rings. The highest BCUT2D eigenvalue weighted by Crippen LogP contribution is 2.32. The van der Waals surface area contributed by atoms with Crippen molar-refractivity contribution in [1.29, 1.82) is 0 Å².